The summed E-state index contributed by atoms with van der Waals surface area (Å²) in [7, 11) is -3.41. The van der Waals surface area contributed by atoms with Crippen LogP contribution in [0.3, 0.4) is 0 Å². The second-order valence-electron chi connectivity index (χ2n) is 4.64. The largest absolute Gasteiger partial charge is 0.477 e. The fourth-order valence-corrected chi connectivity index (χ4v) is 3.77. The smallest absolute Gasteiger partial charge is 0.354 e. The minimum atomic E-state index is -3.41. The Labute approximate surface area is 111 Å². The highest BCUT2D eigenvalue weighted by Crippen LogP contribution is 2.25. The number of carbonyl (C=O) groups is 1. The fraction of sp³-hybridized carbons (Fsp3) is 0.500. The zero-order valence-corrected chi connectivity index (χ0v) is 11.2. The van der Waals surface area contributed by atoms with Gasteiger partial charge in [-0.3, -0.25) is 4.72 Å². The van der Waals surface area contributed by atoms with E-state index in [-0.39, 0.29) is 10.9 Å². The molecule has 1 aliphatic carbocycles. The molecule has 0 spiro atoms. The molecule has 6 nitrogen and oxygen atoms in total. The molecular formula is C12H16N2O4S. The molecule has 0 amide bonds. The molecule has 19 heavy (non-hydrogen) atoms. The highest BCUT2D eigenvalue weighted by Gasteiger charge is 2.27. The Morgan fingerprint density at radius 2 is 1.95 bits per heavy atom. The number of aromatic carboxylic acids is 1. The van der Waals surface area contributed by atoms with Crippen LogP contribution in [0.5, 0.6) is 0 Å². The summed E-state index contributed by atoms with van der Waals surface area (Å²) >= 11 is 0. The maximum absolute atomic E-state index is 12.1. The SMILES string of the molecule is O=C(O)c1ccc(NS(=O)(=O)C2CCCCC2)cn1. The molecule has 1 heterocycles. The third kappa shape index (κ3) is 3.44. The number of anilines is 1. The van der Waals surface area contributed by atoms with Gasteiger partial charge in [-0.2, -0.15) is 0 Å². The van der Waals surface area contributed by atoms with Gasteiger partial charge in [0.05, 0.1) is 17.1 Å². The first-order valence-electron chi connectivity index (χ1n) is 6.20. The number of carboxylic acid groups (broad SMARTS) is 1. The van der Waals surface area contributed by atoms with Crippen LogP contribution >= 0.6 is 0 Å². The first-order valence-corrected chi connectivity index (χ1v) is 7.74. The van der Waals surface area contributed by atoms with E-state index in [4.69, 9.17) is 5.11 Å². The van der Waals surface area contributed by atoms with Crippen molar-refractivity contribution in [1.82, 2.24) is 4.98 Å². The lowest BCUT2D eigenvalue weighted by Gasteiger charge is -2.22. The second kappa shape index (κ2) is 5.56. The number of nitrogens with one attached hydrogen (secondary N) is 1. The predicted octanol–water partition coefficient (Wildman–Crippen LogP) is 1.85. The van der Waals surface area contributed by atoms with Crippen molar-refractivity contribution in [3.63, 3.8) is 0 Å². The van der Waals surface area contributed by atoms with Gasteiger partial charge in [0, 0.05) is 0 Å². The van der Waals surface area contributed by atoms with E-state index < -0.39 is 16.0 Å². The lowest BCUT2D eigenvalue weighted by atomic mass is 10.0. The van der Waals surface area contributed by atoms with E-state index in [1.807, 2.05) is 0 Å². The molecule has 2 rings (SSSR count). The number of carboxylic acids is 1. The minimum absolute atomic E-state index is 0.111. The lowest BCUT2D eigenvalue weighted by molar-refractivity contribution is 0.0690. The average molecular weight is 284 g/mol. The summed E-state index contributed by atoms with van der Waals surface area (Å²) in [5.74, 6) is -1.14. The molecule has 0 aliphatic heterocycles. The van der Waals surface area contributed by atoms with Crippen molar-refractivity contribution in [2.24, 2.45) is 0 Å². The van der Waals surface area contributed by atoms with Gasteiger partial charge in [0.2, 0.25) is 10.0 Å². The maximum Gasteiger partial charge on any atom is 0.354 e. The van der Waals surface area contributed by atoms with Crippen LogP contribution in [0, 0.1) is 0 Å². The lowest BCUT2D eigenvalue weighted by Crippen LogP contribution is -2.29. The van der Waals surface area contributed by atoms with Gasteiger partial charge in [-0.15, -0.1) is 0 Å². The molecule has 0 saturated heterocycles. The highest BCUT2D eigenvalue weighted by molar-refractivity contribution is 7.93. The molecule has 2 N–H and O–H groups in total. The van der Waals surface area contributed by atoms with Crippen molar-refractivity contribution in [3.05, 3.63) is 24.0 Å². The number of sulfonamides is 1. The standard InChI is InChI=1S/C12H16N2O4S/c15-12(16)11-7-6-9(8-13-11)14-19(17,18)10-4-2-1-3-5-10/h6-8,10,14H,1-5H2,(H,15,16). The van der Waals surface area contributed by atoms with Gasteiger partial charge < -0.3 is 5.11 Å². The Balaban J connectivity index is 2.09. The highest BCUT2D eigenvalue weighted by atomic mass is 32.2. The van der Waals surface area contributed by atoms with Gasteiger partial charge in [-0.1, -0.05) is 19.3 Å². The number of rotatable bonds is 4. The molecule has 0 unspecified atom stereocenters. The molecule has 1 fully saturated rings. The van der Waals surface area contributed by atoms with Crippen LogP contribution in [0.4, 0.5) is 5.69 Å². The quantitative estimate of drug-likeness (QED) is 0.879. The summed E-state index contributed by atoms with van der Waals surface area (Å²) in [5, 5.41) is 8.35. The van der Waals surface area contributed by atoms with Gasteiger partial charge in [-0.05, 0) is 25.0 Å². The zero-order chi connectivity index (χ0) is 13.9. The molecule has 1 aromatic rings. The van der Waals surface area contributed by atoms with Gasteiger partial charge in [-0.25, -0.2) is 18.2 Å². The number of aromatic nitrogens is 1. The maximum atomic E-state index is 12.1. The van der Waals surface area contributed by atoms with E-state index in [0.29, 0.717) is 18.5 Å². The number of pyridine rings is 1. The Morgan fingerprint density at radius 3 is 2.47 bits per heavy atom. The fourth-order valence-electron chi connectivity index (χ4n) is 2.20. The normalized spacial score (nSPS) is 17.1. The monoisotopic (exact) mass is 284 g/mol. The van der Waals surface area contributed by atoms with Crippen LogP contribution in [0.15, 0.2) is 18.3 Å². The molecule has 0 bridgehead atoms. The van der Waals surface area contributed by atoms with Crippen molar-refractivity contribution in [3.8, 4) is 0 Å². The molecule has 7 heteroatoms. The van der Waals surface area contributed by atoms with Gasteiger partial charge in [0.15, 0.2) is 0 Å². The zero-order valence-electron chi connectivity index (χ0n) is 10.4. The molecule has 1 aromatic heterocycles. The summed E-state index contributed by atoms with van der Waals surface area (Å²) < 4.78 is 26.7. The van der Waals surface area contributed by atoms with Crippen LogP contribution in [0.2, 0.25) is 0 Å². The first-order chi connectivity index (χ1) is 8.99. The Morgan fingerprint density at radius 1 is 1.26 bits per heavy atom. The number of nitrogens with zero attached hydrogens (tertiary/aromatic N) is 1. The van der Waals surface area contributed by atoms with E-state index in [0.717, 1.165) is 19.3 Å². The van der Waals surface area contributed by atoms with E-state index in [1.165, 1.54) is 18.3 Å². The van der Waals surface area contributed by atoms with Crippen molar-refractivity contribution in [2.75, 3.05) is 4.72 Å². The van der Waals surface area contributed by atoms with E-state index in [1.54, 1.807) is 0 Å². The van der Waals surface area contributed by atoms with Gasteiger partial charge in [0.1, 0.15) is 5.69 Å². The van der Waals surface area contributed by atoms with Crippen LogP contribution in [-0.2, 0) is 10.0 Å². The van der Waals surface area contributed by atoms with Crippen LogP contribution in [0.1, 0.15) is 42.6 Å². The molecular weight excluding hydrogens is 268 g/mol. The molecule has 0 radical (unpaired) electrons. The van der Waals surface area contributed by atoms with Gasteiger partial charge in [0.25, 0.3) is 0 Å². The molecule has 104 valence electrons. The predicted molar refractivity (Wildman–Crippen MR) is 70.6 cm³/mol. The van der Waals surface area contributed by atoms with Crippen molar-refractivity contribution >= 4 is 21.7 Å². The summed E-state index contributed by atoms with van der Waals surface area (Å²) in [5.41, 5.74) is 0.191. The van der Waals surface area contributed by atoms with E-state index in [9.17, 15) is 13.2 Å². The minimum Gasteiger partial charge on any atom is -0.477 e. The summed E-state index contributed by atoms with van der Waals surface area (Å²) in [4.78, 5) is 14.3. The van der Waals surface area contributed by atoms with Crippen molar-refractivity contribution < 1.29 is 18.3 Å². The summed E-state index contributed by atoms with van der Waals surface area (Å²) in [6.07, 6.45) is 5.53. The van der Waals surface area contributed by atoms with E-state index >= 15 is 0 Å². The summed E-state index contributed by atoms with van der Waals surface area (Å²) in [6, 6.07) is 2.69. The third-order valence-electron chi connectivity index (χ3n) is 3.23. The Bertz CT molecular complexity index is 548. The molecule has 0 atom stereocenters. The topological polar surface area (TPSA) is 96.4 Å². The summed E-state index contributed by atoms with van der Waals surface area (Å²) in [6.45, 7) is 0. The van der Waals surface area contributed by atoms with Crippen LogP contribution in [-0.4, -0.2) is 29.7 Å². The molecule has 0 aromatic carbocycles. The Kier molecular flexibility index (Phi) is 4.04. The first kappa shape index (κ1) is 13.8. The van der Waals surface area contributed by atoms with Crippen LogP contribution < -0.4 is 4.72 Å². The number of hydrogen-bond donors (Lipinski definition) is 2. The average Bonchev–Trinajstić information content (AvgIpc) is 2.40. The van der Waals surface area contributed by atoms with Crippen molar-refractivity contribution in [2.45, 2.75) is 37.4 Å². The van der Waals surface area contributed by atoms with Gasteiger partial charge >= 0.3 is 5.97 Å². The van der Waals surface area contributed by atoms with Crippen LogP contribution in [0.25, 0.3) is 0 Å². The number of hydrogen-bond acceptors (Lipinski definition) is 4. The van der Waals surface area contributed by atoms with Crippen molar-refractivity contribution in [1.29, 1.82) is 0 Å². The molecule has 1 saturated carbocycles. The van der Waals surface area contributed by atoms with E-state index in [2.05, 4.69) is 9.71 Å². The Hall–Kier alpha value is -1.63. The third-order valence-corrected chi connectivity index (χ3v) is 5.10. The second-order valence-corrected chi connectivity index (χ2v) is 6.61. The molecule has 1 aliphatic rings.